The lowest BCUT2D eigenvalue weighted by Crippen LogP contribution is -2.50. The van der Waals surface area contributed by atoms with Crippen molar-refractivity contribution in [2.75, 3.05) is 26.8 Å². The van der Waals surface area contributed by atoms with Crippen LogP contribution in [0.25, 0.3) is 0 Å². The van der Waals surface area contributed by atoms with Gasteiger partial charge in [-0.1, -0.05) is 25.7 Å². The molecule has 102 valence electrons. The van der Waals surface area contributed by atoms with Crippen LogP contribution >= 0.6 is 0 Å². The van der Waals surface area contributed by atoms with E-state index in [0.717, 1.165) is 19.8 Å². The minimum absolute atomic E-state index is 0.537. The maximum atomic E-state index is 10.8. The Hall–Kier alpha value is -0.700. The molecule has 1 atom stereocenters. The Morgan fingerprint density at radius 2 is 1.72 bits per heavy atom. The van der Waals surface area contributed by atoms with Gasteiger partial charge in [0, 0.05) is 17.9 Å². The Bertz CT molecular complexity index is 304. The number of nitrogens with zero attached hydrogens (tertiary/aromatic N) is 3. The zero-order valence-electron chi connectivity index (χ0n) is 11.6. The van der Waals surface area contributed by atoms with Crippen molar-refractivity contribution in [2.45, 2.75) is 57.4 Å². The molecule has 1 aliphatic carbocycles. The first-order chi connectivity index (χ1) is 8.77. The summed E-state index contributed by atoms with van der Waals surface area (Å²) in [6.07, 6.45) is 12.3. The fourth-order valence-electron chi connectivity index (χ4n) is 3.54. The van der Waals surface area contributed by atoms with Crippen LogP contribution in [0.2, 0.25) is 0 Å². The Labute approximate surface area is 110 Å². The van der Waals surface area contributed by atoms with Crippen molar-refractivity contribution < 1.29 is 9.39 Å². The van der Waals surface area contributed by atoms with E-state index in [1.807, 2.05) is 6.08 Å². The lowest BCUT2D eigenvalue weighted by molar-refractivity contribution is -0.951. The van der Waals surface area contributed by atoms with Gasteiger partial charge in [0.1, 0.15) is 12.6 Å². The summed E-state index contributed by atoms with van der Waals surface area (Å²) in [5.74, 6) is 0. The van der Waals surface area contributed by atoms with Gasteiger partial charge in [0.15, 0.2) is 6.67 Å². The van der Waals surface area contributed by atoms with Gasteiger partial charge < -0.3 is 0 Å². The third-order valence-corrected chi connectivity index (χ3v) is 4.60. The number of rotatable bonds is 2. The van der Waals surface area contributed by atoms with Crippen LogP contribution < -0.4 is 0 Å². The molecule has 2 aliphatic rings. The minimum Gasteiger partial charge on any atom is -0.252 e. The molecule has 0 amide bonds. The summed E-state index contributed by atoms with van der Waals surface area (Å²) in [6.45, 7) is 2.91. The van der Waals surface area contributed by atoms with Crippen molar-refractivity contribution in [3.05, 3.63) is 0 Å². The zero-order chi connectivity index (χ0) is 12.8. The summed E-state index contributed by atoms with van der Waals surface area (Å²) in [6, 6.07) is 0.537. The normalized spacial score (nSPS) is 32.3. The number of isocyanates is 1. The molecule has 1 unspecified atom stereocenters. The van der Waals surface area contributed by atoms with E-state index in [4.69, 9.17) is 0 Å². The predicted molar refractivity (Wildman–Crippen MR) is 71.5 cm³/mol. The van der Waals surface area contributed by atoms with Crippen molar-refractivity contribution in [3.63, 3.8) is 0 Å². The van der Waals surface area contributed by atoms with Crippen LogP contribution in [-0.4, -0.2) is 48.4 Å². The van der Waals surface area contributed by atoms with E-state index in [0.29, 0.717) is 10.6 Å². The largest absolute Gasteiger partial charge is 0.294 e. The van der Waals surface area contributed by atoms with E-state index in [1.54, 1.807) is 0 Å². The molecule has 0 spiro atoms. The summed E-state index contributed by atoms with van der Waals surface area (Å²) in [5, 5.41) is 4.22. The van der Waals surface area contributed by atoms with Crippen molar-refractivity contribution in [1.29, 1.82) is 0 Å². The molecule has 2 rings (SSSR count). The number of likely N-dealkylation sites (N-methyl/N-ethyl adjacent to an activating group) is 1. The molecule has 1 aliphatic heterocycles. The zero-order valence-corrected chi connectivity index (χ0v) is 11.6. The van der Waals surface area contributed by atoms with Crippen LogP contribution in [0.1, 0.15) is 51.4 Å². The van der Waals surface area contributed by atoms with E-state index in [-0.39, 0.29) is 0 Å². The highest BCUT2D eigenvalue weighted by atomic mass is 16.1. The van der Waals surface area contributed by atoms with Crippen LogP contribution in [0.15, 0.2) is 5.10 Å². The molecule has 0 radical (unpaired) electrons. The summed E-state index contributed by atoms with van der Waals surface area (Å²) in [7, 11) is 2.12. The number of hydrogen-bond acceptors (Lipinski definition) is 3. The number of carbonyl (C=O) groups excluding carboxylic acids is 1. The molecule has 4 heteroatoms. The maximum Gasteiger partial charge on any atom is 0.294 e. The molecule has 0 aromatic carbocycles. The Balaban J connectivity index is 2.10. The van der Waals surface area contributed by atoms with Gasteiger partial charge in [-0.05, 0) is 19.9 Å². The molecule has 0 N–H and O–H groups in total. The van der Waals surface area contributed by atoms with Crippen molar-refractivity contribution in [1.82, 2.24) is 4.90 Å². The van der Waals surface area contributed by atoms with Gasteiger partial charge in [-0.3, -0.25) is 4.90 Å². The van der Waals surface area contributed by atoms with E-state index in [1.165, 1.54) is 51.4 Å². The first kappa shape index (κ1) is 13.7. The van der Waals surface area contributed by atoms with E-state index >= 15 is 0 Å². The fourth-order valence-corrected chi connectivity index (χ4v) is 3.54. The summed E-state index contributed by atoms with van der Waals surface area (Å²) < 4.78 is 0.625. The van der Waals surface area contributed by atoms with Crippen LogP contribution in [0.4, 0.5) is 0 Å². The predicted octanol–water partition coefficient (Wildman–Crippen LogP) is 2.46. The van der Waals surface area contributed by atoms with Gasteiger partial charge in [-0.15, -0.1) is 0 Å². The maximum absolute atomic E-state index is 10.8. The molecule has 0 bridgehead atoms. The molecule has 2 fully saturated rings. The minimum atomic E-state index is 0.537. The van der Waals surface area contributed by atoms with Gasteiger partial charge in [0.05, 0.1) is 6.54 Å². The summed E-state index contributed by atoms with van der Waals surface area (Å²) in [4.78, 5) is 13.1. The second-order valence-electron chi connectivity index (χ2n) is 5.98. The smallest absolute Gasteiger partial charge is 0.252 e. The van der Waals surface area contributed by atoms with Crippen LogP contribution in [-0.2, 0) is 4.79 Å². The van der Waals surface area contributed by atoms with Gasteiger partial charge >= 0.3 is 0 Å². The van der Waals surface area contributed by atoms with Gasteiger partial charge in [0.25, 0.3) is 6.08 Å². The molecule has 0 aromatic heterocycles. The highest BCUT2D eigenvalue weighted by Crippen LogP contribution is 2.30. The van der Waals surface area contributed by atoms with Crippen molar-refractivity contribution >= 4 is 6.08 Å². The Kier molecular flexibility index (Phi) is 4.93. The molecule has 1 saturated carbocycles. The van der Waals surface area contributed by atoms with Crippen LogP contribution in [0, 0.1) is 0 Å². The number of quaternary nitrogens is 1. The first-order valence-electron chi connectivity index (χ1n) is 7.41. The van der Waals surface area contributed by atoms with Crippen LogP contribution in [0.5, 0.6) is 0 Å². The molecule has 1 heterocycles. The SMILES string of the molecule is CN1CC[N+](N=C=O)(C2CCCCCCCC2)C1. The molecular weight excluding hydrogens is 226 g/mol. The van der Waals surface area contributed by atoms with Gasteiger partial charge in [0.2, 0.25) is 0 Å². The average Bonchev–Trinajstić information content (AvgIpc) is 2.78. The summed E-state index contributed by atoms with van der Waals surface area (Å²) >= 11 is 0. The highest BCUT2D eigenvalue weighted by Gasteiger charge is 2.43. The van der Waals surface area contributed by atoms with Crippen LogP contribution in [0.3, 0.4) is 0 Å². The standard InChI is InChI=1S/C14H26N3O/c1-16-10-11-17(13-16,15-12-18)14-8-6-4-2-3-5-7-9-14/h14H,2-11,13H2,1H3/q+1. The Morgan fingerprint density at radius 3 is 2.22 bits per heavy atom. The second kappa shape index (κ2) is 6.46. The van der Waals surface area contributed by atoms with E-state index in [2.05, 4.69) is 17.0 Å². The molecular formula is C14H26N3O+. The second-order valence-corrected chi connectivity index (χ2v) is 5.98. The number of hydrogen-bond donors (Lipinski definition) is 0. The summed E-state index contributed by atoms with van der Waals surface area (Å²) in [5.41, 5.74) is 0. The molecule has 18 heavy (non-hydrogen) atoms. The molecule has 0 aromatic rings. The lowest BCUT2D eigenvalue weighted by Gasteiger charge is -2.33. The van der Waals surface area contributed by atoms with Gasteiger partial charge in [-0.25, -0.2) is 4.79 Å². The topological polar surface area (TPSA) is 32.7 Å². The quantitative estimate of drug-likeness (QED) is 0.429. The third-order valence-electron chi connectivity index (χ3n) is 4.60. The van der Waals surface area contributed by atoms with Gasteiger partial charge in [-0.2, -0.15) is 4.59 Å². The Morgan fingerprint density at radius 1 is 1.11 bits per heavy atom. The molecule has 4 nitrogen and oxygen atoms in total. The average molecular weight is 252 g/mol. The van der Waals surface area contributed by atoms with Crippen molar-refractivity contribution in [3.8, 4) is 0 Å². The highest BCUT2D eigenvalue weighted by molar-refractivity contribution is 5.31. The lowest BCUT2D eigenvalue weighted by atomic mass is 10.0. The van der Waals surface area contributed by atoms with E-state index < -0.39 is 0 Å². The first-order valence-corrected chi connectivity index (χ1v) is 7.41. The fraction of sp³-hybridized carbons (Fsp3) is 0.929. The van der Waals surface area contributed by atoms with E-state index in [9.17, 15) is 4.79 Å². The monoisotopic (exact) mass is 252 g/mol. The molecule has 1 saturated heterocycles. The van der Waals surface area contributed by atoms with Crippen molar-refractivity contribution in [2.24, 2.45) is 5.10 Å². The third kappa shape index (κ3) is 3.19.